The Morgan fingerprint density at radius 1 is 1.05 bits per heavy atom. The molecular formula is C14H24N2O3. The fourth-order valence-electron chi connectivity index (χ4n) is 3.27. The molecule has 0 aromatic heterocycles. The number of piperazine rings is 1. The van der Waals surface area contributed by atoms with Crippen LogP contribution in [0.25, 0.3) is 0 Å². The molecule has 0 aromatic carbocycles. The number of hydrogen-bond donors (Lipinski definition) is 1. The van der Waals surface area contributed by atoms with Crippen LogP contribution in [0.15, 0.2) is 0 Å². The van der Waals surface area contributed by atoms with Gasteiger partial charge >= 0.3 is 5.97 Å². The molecule has 0 radical (unpaired) electrons. The number of carboxylic acid groups (broad SMARTS) is 1. The summed E-state index contributed by atoms with van der Waals surface area (Å²) in [6.45, 7) is 5.77. The van der Waals surface area contributed by atoms with Crippen LogP contribution in [-0.4, -0.2) is 59.0 Å². The van der Waals surface area contributed by atoms with E-state index in [1.54, 1.807) is 0 Å². The topological polar surface area (TPSA) is 60.9 Å². The Morgan fingerprint density at radius 3 is 2.05 bits per heavy atom. The van der Waals surface area contributed by atoms with Gasteiger partial charge in [0.25, 0.3) is 0 Å². The fraction of sp³-hybridized carbons (Fsp3) is 0.857. The number of carbonyl (C=O) groups excluding carboxylic acids is 1. The zero-order chi connectivity index (χ0) is 14.2. The van der Waals surface area contributed by atoms with Gasteiger partial charge in [-0.1, -0.05) is 0 Å². The van der Waals surface area contributed by atoms with Crippen LogP contribution >= 0.6 is 0 Å². The van der Waals surface area contributed by atoms with Gasteiger partial charge in [0.1, 0.15) is 0 Å². The molecule has 1 saturated carbocycles. The van der Waals surface area contributed by atoms with E-state index in [0.29, 0.717) is 24.9 Å². The Balaban J connectivity index is 1.95. The van der Waals surface area contributed by atoms with Crippen molar-refractivity contribution in [1.29, 1.82) is 0 Å². The van der Waals surface area contributed by atoms with Crippen molar-refractivity contribution >= 4 is 11.9 Å². The maximum atomic E-state index is 12.5. The van der Waals surface area contributed by atoms with Gasteiger partial charge in [0.2, 0.25) is 5.91 Å². The molecule has 1 aliphatic heterocycles. The molecule has 0 aromatic rings. The van der Waals surface area contributed by atoms with Crippen LogP contribution in [0, 0.1) is 11.8 Å². The van der Waals surface area contributed by atoms with E-state index >= 15 is 0 Å². The number of rotatable bonds is 2. The molecule has 2 rings (SSSR count). The summed E-state index contributed by atoms with van der Waals surface area (Å²) >= 11 is 0. The molecule has 19 heavy (non-hydrogen) atoms. The van der Waals surface area contributed by atoms with E-state index in [2.05, 4.69) is 25.8 Å². The van der Waals surface area contributed by atoms with Gasteiger partial charge in [-0.15, -0.1) is 0 Å². The molecule has 2 fully saturated rings. The SMILES string of the molecule is CC1CN(C(=O)[C@@H]2CC[C@H](C(=O)O)C2)CC(C)N1C. The molecule has 5 heteroatoms. The normalized spacial score (nSPS) is 36.5. The van der Waals surface area contributed by atoms with Crippen molar-refractivity contribution in [3.05, 3.63) is 0 Å². The van der Waals surface area contributed by atoms with Crippen molar-refractivity contribution in [2.45, 2.75) is 45.2 Å². The molecule has 1 amide bonds. The van der Waals surface area contributed by atoms with E-state index in [9.17, 15) is 9.59 Å². The molecule has 0 bridgehead atoms. The zero-order valence-electron chi connectivity index (χ0n) is 12.0. The van der Waals surface area contributed by atoms with E-state index in [4.69, 9.17) is 5.11 Å². The highest BCUT2D eigenvalue weighted by atomic mass is 16.4. The fourth-order valence-corrected chi connectivity index (χ4v) is 3.27. The van der Waals surface area contributed by atoms with Crippen molar-refractivity contribution in [2.75, 3.05) is 20.1 Å². The quantitative estimate of drug-likeness (QED) is 0.813. The standard InChI is InChI=1S/C14H24N2O3/c1-9-7-16(8-10(2)15(9)3)13(17)11-4-5-12(6-11)14(18)19/h9-12H,4-8H2,1-3H3,(H,18,19)/t9?,10?,11-,12+/m1/s1. The predicted molar refractivity (Wildman–Crippen MR) is 71.7 cm³/mol. The van der Waals surface area contributed by atoms with Crippen molar-refractivity contribution in [3.63, 3.8) is 0 Å². The monoisotopic (exact) mass is 268 g/mol. The minimum absolute atomic E-state index is 0.0797. The van der Waals surface area contributed by atoms with E-state index < -0.39 is 5.97 Å². The first-order valence-electron chi connectivity index (χ1n) is 7.13. The number of carbonyl (C=O) groups is 2. The summed E-state index contributed by atoms with van der Waals surface area (Å²) in [5.41, 5.74) is 0. The largest absolute Gasteiger partial charge is 0.481 e. The van der Waals surface area contributed by atoms with Crippen molar-refractivity contribution in [1.82, 2.24) is 9.80 Å². The Kier molecular flexibility index (Phi) is 4.13. The van der Waals surface area contributed by atoms with E-state index in [1.807, 2.05) is 4.90 Å². The van der Waals surface area contributed by atoms with Gasteiger partial charge in [0, 0.05) is 31.1 Å². The van der Waals surface area contributed by atoms with Crippen molar-refractivity contribution in [3.8, 4) is 0 Å². The average Bonchev–Trinajstić information content (AvgIpc) is 2.84. The Morgan fingerprint density at radius 2 is 1.58 bits per heavy atom. The van der Waals surface area contributed by atoms with Gasteiger partial charge in [-0.25, -0.2) is 0 Å². The first kappa shape index (κ1) is 14.3. The van der Waals surface area contributed by atoms with Gasteiger partial charge in [-0.05, 0) is 40.2 Å². The molecule has 5 nitrogen and oxygen atoms in total. The summed E-state index contributed by atoms with van der Waals surface area (Å²) < 4.78 is 0. The molecule has 1 heterocycles. The van der Waals surface area contributed by atoms with Crippen LogP contribution in [0.5, 0.6) is 0 Å². The van der Waals surface area contributed by atoms with Crippen LogP contribution < -0.4 is 0 Å². The molecule has 4 atom stereocenters. The molecule has 0 spiro atoms. The lowest BCUT2D eigenvalue weighted by Crippen LogP contribution is -2.57. The number of aliphatic carboxylic acids is 1. The van der Waals surface area contributed by atoms with Crippen LogP contribution in [0.4, 0.5) is 0 Å². The maximum absolute atomic E-state index is 12.5. The summed E-state index contributed by atoms with van der Waals surface area (Å²) in [5, 5.41) is 9.01. The van der Waals surface area contributed by atoms with E-state index in [-0.39, 0.29) is 17.7 Å². The van der Waals surface area contributed by atoms with Gasteiger partial charge in [0.15, 0.2) is 0 Å². The summed E-state index contributed by atoms with van der Waals surface area (Å²) in [5.74, 6) is -0.994. The Bertz CT molecular complexity index is 360. The number of amides is 1. The molecule has 1 saturated heterocycles. The number of nitrogens with zero attached hydrogens (tertiary/aromatic N) is 2. The smallest absolute Gasteiger partial charge is 0.306 e. The van der Waals surface area contributed by atoms with Gasteiger partial charge in [-0.3, -0.25) is 14.5 Å². The van der Waals surface area contributed by atoms with Crippen LogP contribution in [0.2, 0.25) is 0 Å². The molecular weight excluding hydrogens is 244 g/mol. The summed E-state index contributed by atoms with van der Waals surface area (Å²) in [6.07, 6.45) is 1.89. The second kappa shape index (κ2) is 5.49. The zero-order valence-corrected chi connectivity index (χ0v) is 12.0. The van der Waals surface area contributed by atoms with Gasteiger partial charge in [-0.2, -0.15) is 0 Å². The second-order valence-electron chi connectivity index (χ2n) is 6.15. The minimum atomic E-state index is -0.754. The summed E-state index contributed by atoms with van der Waals surface area (Å²) in [4.78, 5) is 27.7. The lowest BCUT2D eigenvalue weighted by atomic mass is 10.0. The number of carboxylic acids is 1. The highest BCUT2D eigenvalue weighted by Gasteiger charge is 2.38. The van der Waals surface area contributed by atoms with Gasteiger partial charge < -0.3 is 10.0 Å². The Labute approximate surface area is 114 Å². The molecule has 2 aliphatic rings. The van der Waals surface area contributed by atoms with Crippen molar-refractivity contribution in [2.24, 2.45) is 11.8 Å². The molecule has 1 N–H and O–H groups in total. The molecule has 1 aliphatic carbocycles. The summed E-state index contributed by atoms with van der Waals surface area (Å²) in [7, 11) is 2.09. The van der Waals surface area contributed by atoms with Crippen molar-refractivity contribution < 1.29 is 14.7 Å². The maximum Gasteiger partial charge on any atom is 0.306 e. The lowest BCUT2D eigenvalue weighted by Gasteiger charge is -2.43. The second-order valence-corrected chi connectivity index (χ2v) is 6.15. The van der Waals surface area contributed by atoms with Crippen LogP contribution in [0.3, 0.4) is 0 Å². The van der Waals surface area contributed by atoms with Crippen LogP contribution in [-0.2, 0) is 9.59 Å². The van der Waals surface area contributed by atoms with Crippen LogP contribution in [0.1, 0.15) is 33.1 Å². The van der Waals surface area contributed by atoms with E-state index in [1.165, 1.54) is 0 Å². The third-order valence-electron chi connectivity index (χ3n) is 4.80. The highest BCUT2D eigenvalue weighted by molar-refractivity contribution is 5.81. The third-order valence-corrected chi connectivity index (χ3v) is 4.80. The van der Waals surface area contributed by atoms with E-state index in [0.717, 1.165) is 19.5 Å². The first-order chi connectivity index (χ1) is 8.90. The predicted octanol–water partition coefficient (Wildman–Crippen LogP) is 1.04. The molecule has 2 unspecified atom stereocenters. The Hall–Kier alpha value is -1.10. The molecule has 108 valence electrons. The summed E-state index contributed by atoms with van der Waals surface area (Å²) in [6, 6.07) is 0.730. The highest BCUT2D eigenvalue weighted by Crippen LogP contribution is 2.33. The average molecular weight is 268 g/mol. The number of hydrogen-bond acceptors (Lipinski definition) is 3. The lowest BCUT2D eigenvalue weighted by molar-refractivity contribution is -0.142. The minimum Gasteiger partial charge on any atom is -0.481 e. The third kappa shape index (κ3) is 2.91. The number of likely N-dealkylation sites (N-methyl/N-ethyl adjacent to an activating group) is 1. The first-order valence-corrected chi connectivity index (χ1v) is 7.13. The van der Waals surface area contributed by atoms with Gasteiger partial charge in [0.05, 0.1) is 5.92 Å².